The second-order valence-electron chi connectivity index (χ2n) is 3.60. The molecule has 2 aromatic rings. The van der Waals surface area contributed by atoms with Gasteiger partial charge in [0, 0.05) is 0 Å². The maximum Gasteiger partial charge on any atom is 0.270 e. The number of nitrogens with one attached hydrogen (secondary N) is 1. The average molecular weight is 250 g/mol. The molecular formula is C12H11FN2OS. The zero-order valence-electron chi connectivity index (χ0n) is 9.18. The fraction of sp³-hybridized carbons (Fsp3) is 0.167. The zero-order chi connectivity index (χ0) is 12.3. The lowest BCUT2D eigenvalue weighted by atomic mass is 10.2. The van der Waals surface area contributed by atoms with Crippen molar-refractivity contribution in [3.05, 3.63) is 52.2 Å². The van der Waals surface area contributed by atoms with Gasteiger partial charge in [-0.15, -0.1) is 0 Å². The molecule has 0 aromatic carbocycles. The fourth-order valence-corrected chi connectivity index (χ4v) is 2.16. The molecule has 2 heterocycles. The first-order chi connectivity index (χ1) is 8.16. The van der Waals surface area contributed by atoms with Gasteiger partial charge in [0.25, 0.3) is 5.91 Å². The predicted octanol–water partition coefficient (Wildman–Crippen LogP) is 2.77. The van der Waals surface area contributed by atoms with E-state index in [1.807, 2.05) is 23.8 Å². The lowest BCUT2D eigenvalue weighted by molar-refractivity contribution is 0.0933. The van der Waals surface area contributed by atoms with Gasteiger partial charge in [-0.1, -0.05) is 6.07 Å². The van der Waals surface area contributed by atoms with Crippen LogP contribution >= 0.6 is 11.3 Å². The van der Waals surface area contributed by atoms with Gasteiger partial charge in [-0.05, 0) is 41.4 Å². The second kappa shape index (κ2) is 5.05. The molecule has 1 atom stereocenters. The van der Waals surface area contributed by atoms with Crippen LogP contribution in [0.1, 0.15) is 29.0 Å². The van der Waals surface area contributed by atoms with E-state index in [2.05, 4.69) is 10.3 Å². The third-order valence-electron chi connectivity index (χ3n) is 2.34. The highest BCUT2D eigenvalue weighted by atomic mass is 32.1. The van der Waals surface area contributed by atoms with Crippen molar-refractivity contribution in [2.45, 2.75) is 13.0 Å². The Labute approximate surface area is 102 Å². The molecule has 2 aromatic heterocycles. The monoisotopic (exact) mass is 250 g/mol. The topological polar surface area (TPSA) is 42.0 Å². The van der Waals surface area contributed by atoms with E-state index < -0.39 is 5.95 Å². The summed E-state index contributed by atoms with van der Waals surface area (Å²) < 4.78 is 12.8. The van der Waals surface area contributed by atoms with Gasteiger partial charge in [-0.3, -0.25) is 4.79 Å². The van der Waals surface area contributed by atoms with E-state index in [1.165, 1.54) is 18.2 Å². The molecule has 1 amide bonds. The van der Waals surface area contributed by atoms with Crippen LogP contribution in [0.5, 0.6) is 0 Å². The second-order valence-corrected chi connectivity index (χ2v) is 4.38. The van der Waals surface area contributed by atoms with Gasteiger partial charge < -0.3 is 5.32 Å². The van der Waals surface area contributed by atoms with Crippen LogP contribution in [-0.4, -0.2) is 10.9 Å². The van der Waals surface area contributed by atoms with Crippen molar-refractivity contribution in [1.29, 1.82) is 0 Å². The van der Waals surface area contributed by atoms with Gasteiger partial charge in [-0.25, -0.2) is 4.98 Å². The smallest absolute Gasteiger partial charge is 0.270 e. The average Bonchev–Trinajstić information content (AvgIpc) is 2.82. The molecule has 0 saturated heterocycles. The summed E-state index contributed by atoms with van der Waals surface area (Å²) in [6, 6.07) is 5.98. The molecular weight excluding hydrogens is 239 g/mol. The Morgan fingerprint density at radius 1 is 1.47 bits per heavy atom. The first-order valence-electron chi connectivity index (χ1n) is 5.12. The first kappa shape index (κ1) is 11.7. The van der Waals surface area contributed by atoms with E-state index in [4.69, 9.17) is 0 Å². The molecule has 0 fully saturated rings. The van der Waals surface area contributed by atoms with Crippen LogP contribution < -0.4 is 5.32 Å². The number of hydrogen-bond donors (Lipinski definition) is 1. The van der Waals surface area contributed by atoms with Crippen LogP contribution in [0.15, 0.2) is 35.0 Å². The van der Waals surface area contributed by atoms with Crippen molar-refractivity contribution in [3.63, 3.8) is 0 Å². The summed E-state index contributed by atoms with van der Waals surface area (Å²) in [5, 5.41) is 6.67. The Morgan fingerprint density at radius 2 is 2.29 bits per heavy atom. The van der Waals surface area contributed by atoms with E-state index in [0.717, 1.165) is 5.56 Å². The van der Waals surface area contributed by atoms with E-state index in [-0.39, 0.29) is 17.6 Å². The summed E-state index contributed by atoms with van der Waals surface area (Å²) in [5.41, 5.74) is 1.12. The summed E-state index contributed by atoms with van der Waals surface area (Å²) >= 11 is 1.57. The molecule has 0 aliphatic rings. The number of rotatable bonds is 3. The standard InChI is InChI=1S/C12H11FN2OS/c1-8(9-5-6-17-7-9)14-12(16)10-3-2-4-11(13)15-10/h2-8H,1H3,(H,14,16). The van der Waals surface area contributed by atoms with E-state index in [1.54, 1.807) is 11.3 Å². The molecule has 0 spiro atoms. The highest BCUT2D eigenvalue weighted by molar-refractivity contribution is 7.07. The zero-order valence-corrected chi connectivity index (χ0v) is 10.00. The minimum absolute atomic E-state index is 0.0899. The number of aromatic nitrogens is 1. The van der Waals surface area contributed by atoms with Crippen LogP contribution in [0.3, 0.4) is 0 Å². The Hall–Kier alpha value is -1.75. The molecule has 3 nitrogen and oxygen atoms in total. The summed E-state index contributed by atoms with van der Waals surface area (Å²) in [5.74, 6) is -1.02. The first-order valence-corrected chi connectivity index (χ1v) is 6.06. The number of hydrogen-bond acceptors (Lipinski definition) is 3. The summed E-state index contributed by atoms with van der Waals surface area (Å²) in [7, 11) is 0. The van der Waals surface area contributed by atoms with Gasteiger partial charge in [-0.2, -0.15) is 15.7 Å². The molecule has 0 radical (unpaired) electrons. The third kappa shape index (κ3) is 2.88. The molecule has 0 bridgehead atoms. The van der Waals surface area contributed by atoms with Crippen molar-refractivity contribution >= 4 is 17.2 Å². The van der Waals surface area contributed by atoms with E-state index >= 15 is 0 Å². The Kier molecular flexibility index (Phi) is 3.49. The summed E-state index contributed by atoms with van der Waals surface area (Å²) in [6.07, 6.45) is 0. The number of thiophene rings is 1. The maximum absolute atomic E-state index is 12.8. The van der Waals surface area contributed by atoms with Crippen LogP contribution in [0, 0.1) is 5.95 Å². The van der Waals surface area contributed by atoms with Crippen LogP contribution in [-0.2, 0) is 0 Å². The van der Waals surface area contributed by atoms with Crippen LogP contribution in [0.2, 0.25) is 0 Å². The quantitative estimate of drug-likeness (QED) is 0.851. The maximum atomic E-state index is 12.8. The third-order valence-corrected chi connectivity index (χ3v) is 3.04. The number of nitrogens with zero attached hydrogens (tertiary/aromatic N) is 1. The van der Waals surface area contributed by atoms with Crippen molar-refractivity contribution in [2.24, 2.45) is 0 Å². The van der Waals surface area contributed by atoms with E-state index in [0.29, 0.717) is 0 Å². The number of amides is 1. The number of carbonyl (C=O) groups excluding carboxylic acids is 1. The van der Waals surface area contributed by atoms with Gasteiger partial charge in [0.2, 0.25) is 5.95 Å². The van der Waals surface area contributed by atoms with Crippen LogP contribution in [0.4, 0.5) is 4.39 Å². The lowest BCUT2D eigenvalue weighted by Crippen LogP contribution is -2.27. The van der Waals surface area contributed by atoms with Crippen LogP contribution in [0.25, 0.3) is 0 Å². The normalized spacial score (nSPS) is 12.1. The van der Waals surface area contributed by atoms with Crippen molar-refractivity contribution in [1.82, 2.24) is 10.3 Å². The predicted molar refractivity (Wildman–Crippen MR) is 64.4 cm³/mol. The minimum atomic E-state index is -0.652. The Morgan fingerprint density at radius 3 is 2.94 bits per heavy atom. The Balaban J connectivity index is 2.07. The number of pyridine rings is 1. The largest absolute Gasteiger partial charge is 0.344 e. The molecule has 5 heteroatoms. The van der Waals surface area contributed by atoms with Gasteiger partial charge >= 0.3 is 0 Å². The highest BCUT2D eigenvalue weighted by Gasteiger charge is 2.13. The Bertz CT molecular complexity index is 513. The number of halogens is 1. The molecule has 88 valence electrons. The molecule has 2 rings (SSSR count). The lowest BCUT2D eigenvalue weighted by Gasteiger charge is -2.11. The van der Waals surface area contributed by atoms with Crippen molar-refractivity contribution in [3.8, 4) is 0 Å². The van der Waals surface area contributed by atoms with Gasteiger partial charge in [0.15, 0.2) is 0 Å². The fourth-order valence-electron chi connectivity index (χ4n) is 1.41. The van der Waals surface area contributed by atoms with Gasteiger partial charge in [0.1, 0.15) is 5.69 Å². The van der Waals surface area contributed by atoms with E-state index in [9.17, 15) is 9.18 Å². The number of carbonyl (C=O) groups is 1. The van der Waals surface area contributed by atoms with Crippen molar-refractivity contribution < 1.29 is 9.18 Å². The molecule has 1 unspecified atom stereocenters. The molecule has 0 aliphatic heterocycles. The SMILES string of the molecule is CC(NC(=O)c1cccc(F)n1)c1ccsc1. The highest BCUT2D eigenvalue weighted by Crippen LogP contribution is 2.15. The summed E-state index contributed by atoms with van der Waals surface area (Å²) in [4.78, 5) is 15.3. The molecule has 17 heavy (non-hydrogen) atoms. The summed E-state index contributed by atoms with van der Waals surface area (Å²) in [6.45, 7) is 1.87. The molecule has 0 saturated carbocycles. The molecule has 1 N–H and O–H groups in total. The molecule has 0 aliphatic carbocycles. The minimum Gasteiger partial charge on any atom is -0.344 e. The van der Waals surface area contributed by atoms with Gasteiger partial charge in [0.05, 0.1) is 6.04 Å². The van der Waals surface area contributed by atoms with Crippen molar-refractivity contribution in [2.75, 3.05) is 0 Å².